The van der Waals surface area contributed by atoms with Crippen LogP contribution in [0.1, 0.15) is 24.0 Å². The van der Waals surface area contributed by atoms with Gasteiger partial charge in [0.2, 0.25) is 11.8 Å². The van der Waals surface area contributed by atoms with E-state index >= 15 is 0 Å². The van der Waals surface area contributed by atoms with Crippen molar-refractivity contribution in [1.29, 1.82) is 0 Å². The summed E-state index contributed by atoms with van der Waals surface area (Å²) in [6.45, 7) is 3.90. The Kier molecular flexibility index (Phi) is 3.99. The first-order valence-corrected chi connectivity index (χ1v) is 8.97. The molecule has 0 unspecified atom stereocenters. The van der Waals surface area contributed by atoms with Crippen LogP contribution in [-0.2, 0) is 9.59 Å². The number of nitrogens with zero attached hydrogens (tertiary/aromatic N) is 1. The zero-order chi connectivity index (χ0) is 15.3. The van der Waals surface area contributed by atoms with E-state index in [2.05, 4.69) is 31.9 Å². The molecule has 1 saturated carbocycles. The van der Waals surface area contributed by atoms with Gasteiger partial charge in [-0.3, -0.25) is 9.59 Å². The van der Waals surface area contributed by atoms with Gasteiger partial charge in [0.15, 0.2) is 0 Å². The summed E-state index contributed by atoms with van der Waals surface area (Å²) in [6.07, 6.45) is 1.43. The van der Waals surface area contributed by atoms with Gasteiger partial charge in [-0.25, -0.2) is 4.90 Å². The maximum Gasteiger partial charge on any atom is 0.237 e. The highest BCUT2D eigenvalue weighted by molar-refractivity contribution is 9.12. The second kappa shape index (κ2) is 5.51. The van der Waals surface area contributed by atoms with Gasteiger partial charge in [-0.05, 0) is 37.8 Å². The van der Waals surface area contributed by atoms with Gasteiger partial charge in [0, 0.05) is 9.65 Å². The summed E-state index contributed by atoms with van der Waals surface area (Å²) < 4.78 is 0. The smallest absolute Gasteiger partial charge is 0.237 e. The van der Waals surface area contributed by atoms with Crippen molar-refractivity contribution in [1.82, 2.24) is 0 Å². The first kappa shape index (κ1) is 15.2. The normalized spacial score (nSPS) is 32.5. The molecule has 0 spiro atoms. The van der Waals surface area contributed by atoms with E-state index in [0.29, 0.717) is 12.8 Å². The minimum atomic E-state index is -0.185. The molecule has 1 aromatic carbocycles. The molecule has 1 aromatic rings. The second-order valence-corrected chi connectivity index (χ2v) is 8.32. The number of amides is 2. The highest BCUT2D eigenvalue weighted by Crippen LogP contribution is 2.45. The van der Waals surface area contributed by atoms with Crippen molar-refractivity contribution in [3.63, 3.8) is 0 Å². The topological polar surface area (TPSA) is 37.4 Å². The molecular weight excluding hydrogens is 398 g/mol. The Morgan fingerprint density at radius 3 is 1.81 bits per heavy atom. The van der Waals surface area contributed by atoms with E-state index in [1.165, 1.54) is 4.90 Å². The van der Waals surface area contributed by atoms with Crippen LogP contribution in [0.5, 0.6) is 0 Å². The molecule has 1 aliphatic heterocycles. The molecule has 5 heteroatoms. The Balaban J connectivity index is 2.02. The fraction of sp³-hybridized carbons (Fsp3) is 0.500. The van der Waals surface area contributed by atoms with E-state index in [1.807, 2.05) is 32.0 Å². The number of aryl methyl sites for hydroxylation is 2. The van der Waals surface area contributed by atoms with Crippen LogP contribution in [0.2, 0.25) is 0 Å². The van der Waals surface area contributed by atoms with E-state index in [-0.39, 0.29) is 33.3 Å². The summed E-state index contributed by atoms with van der Waals surface area (Å²) >= 11 is 7.23. The van der Waals surface area contributed by atoms with Gasteiger partial charge in [-0.1, -0.05) is 50.1 Å². The Morgan fingerprint density at radius 1 is 0.952 bits per heavy atom. The number of imide groups is 1. The summed E-state index contributed by atoms with van der Waals surface area (Å²) in [5.41, 5.74) is 2.72. The van der Waals surface area contributed by atoms with Crippen LogP contribution in [0, 0.1) is 25.7 Å². The van der Waals surface area contributed by atoms with Crippen LogP contribution in [0.3, 0.4) is 0 Å². The Morgan fingerprint density at radius 2 is 1.38 bits per heavy atom. The van der Waals surface area contributed by atoms with Crippen LogP contribution >= 0.6 is 31.9 Å². The fourth-order valence-electron chi connectivity index (χ4n) is 3.47. The van der Waals surface area contributed by atoms with Crippen molar-refractivity contribution < 1.29 is 9.59 Å². The van der Waals surface area contributed by atoms with Crippen LogP contribution in [0.15, 0.2) is 18.2 Å². The molecule has 21 heavy (non-hydrogen) atoms. The zero-order valence-corrected chi connectivity index (χ0v) is 15.1. The largest absolute Gasteiger partial charge is 0.274 e. The van der Waals surface area contributed by atoms with Crippen LogP contribution in [0.25, 0.3) is 0 Å². The highest BCUT2D eigenvalue weighted by Gasteiger charge is 2.52. The molecule has 1 aliphatic carbocycles. The van der Waals surface area contributed by atoms with E-state index in [0.717, 1.165) is 16.8 Å². The number of alkyl halides is 2. The monoisotopic (exact) mass is 413 g/mol. The molecule has 4 atom stereocenters. The number of carbonyl (C=O) groups is 2. The first-order valence-electron chi connectivity index (χ1n) is 7.14. The number of para-hydroxylation sites is 1. The Hall–Kier alpha value is -0.680. The summed E-state index contributed by atoms with van der Waals surface area (Å²) in [5, 5.41) is 0. The lowest BCUT2D eigenvalue weighted by Crippen LogP contribution is -2.34. The summed E-state index contributed by atoms with van der Waals surface area (Å²) in [6, 6.07) is 5.85. The van der Waals surface area contributed by atoms with Gasteiger partial charge in [-0.2, -0.15) is 0 Å². The SMILES string of the molecule is Cc1cccc(C)c1N1C(=O)[C@@H]2C[C@@H](Br)[C@@H](Br)C[C@H]2C1=O. The van der Waals surface area contributed by atoms with E-state index in [4.69, 9.17) is 0 Å². The number of fused-ring (bicyclic) bond motifs is 1. The third-order valence-electron chi connectivity index (χ3n) is 4.57. The minimum Gasteiger partial charge on any atom is -0.274 e. The van der Waals surface area contributed by atoms with Gasteiger partial charge in [-0.15, -0.1) is 0 Å². The van der Waals surface area contributed by atoms with Crippen molar-refractivity contribution in [2.24, 2.45) is 11.8 Å². The van der Waals surface area contributed by atoms with Crippen LogP contribution in [0.4, 0.5) is 5.69 Å². The standard InChI is InChI=1S/C16H17Br2NO2/c1-8-4-3-5-9(2)14(8)19-15(20)10-6-12(17)13(18)7-11(10)16(19)21/h3-5,10-13H,6-7H2,1-2H3/t10-,11-,12-,13+/m1/s1. The van der Waals surface area contributed by atoms with E-state index in [9.17, 15) is 9.59 Å². The molecule has 3 nitrogen and oxygen atoms in total. The Labute approximate surface area is 141 Å². The van der Waals surface area contributed by atoms with Gasteiger partial charge in [0.25, 0.3) is 0 Å². The number of anilines is 1. The molecule has 1 heterocycles. The lowest BCUT2D eigenvalue weighted by molar-refractivity contribution is -0.122. The number of benzene rings is 1. The average molecular weight is 415 g/mol. The van der Waals surface area contributed by atoms with Gasteiger partial charge in [0.05, 0.1) is 17.5 Å². The first-order chi connectivity index (χ1) is 9.91. The highest BCUT2D eigenvalue weighted by atomic mass is 79.9. The fourth-order valence-corrected chi connectivity index (χ4v) is 4.71. The lowest BCUT2D eigenvalue weighted by atomic mass is 9.81. The Bertz CT molecular complexity index is 568. The maximum atomic E-state index is 12.8. The average Bonchev–Trinajstić information content (AvgIpc) is 2.65. The maximum absolute atomic E-state index is 12.8. The van der Waals surface area contributed by atoms with Gasteiger partial charge < -0.3 is 0 Å². The lowest BCUT2D eigenvalue weighted by Gasteiger charge is -2.29. The van der Waals surface area contributed by atoms with E-state index in [1.54, 1.807) is 0 Å². The quantitative estimate of drug-likeness (QED) is 0.518. The third-order valence-corrected chi connectivity index (χ3v) is 7.31. The van der Waals surface area contributed by atoms with Crippen LogP contribution in [-0.4, -0.2) is 21.5 Å². The molecule has 0 bridgehead atoms. The van der Waals surface area contributed by atoms with Gasteiger partial charge >= 0.3 is 0 Å². The number of rotatable bonds is 1. The molecule has 0 radical (unpaired) electrons. The predicted molar refractivity (Wildman–Crippen MR) is 90.1 cm³/mol. The third kappa shape index (κ3) is 2.38. The van der Waals surface area contributed by atoms with Crippen molar-refractivity contribution >= 4 is 49.4 Å². The van der Waals surface area contributed by atoms with Gasteiger partial charge in [0.1, 0.15) is 0 Å². The molecule has 0 N–H and O–H groups in total. The number of halogens is 2. The van der Waals surface area contributed by atoms with Crippen molar-refractivity contribution in [2.45, 2.75) is 36.3 Å². The van der Waals surface area contributed by atoms with Crippen molar-refractivity contribution in [3.05, 3.63) is 29.3 Å². The summed E-state index contributed by atoms with van der Waals surface area (Å²) in [7, 11) is 0. The summed E-state index contributed by atoms with van der Waals surface area (Å²) in [4.78, 5) is 27.5. The van der Waals surface area contributed by atoms with Crippen molar-refractivity contribution in [3.8, 4) is 0 Å². The number of carbonyl (C=O) groups excluding carboxylic acids is 2. The predicted octanol–water partition coefficient (Wildman–Crippen LogP) is 3.73. The van der Waals surface area contributed by atoms with E-state index < -0.39 is 0 Å². The molecular formula is C16H17Br2NO2. The molecule has 1 saturated heterocycles. The molecule has 112 valence electrons. The minimum absolute atomic E-state index is 0.0359. The molecule has 3 rings (SSSR count). The number of hydrogen-bond donors (Lipinski definition) is 0. The van der Waals surface area contributed by atoms with Crippen LogP contribution < -0.4 is 4.90 Å². The number of hydrogen-bond acceptors (Lipinski definition) is 2. The van der Waals surface area contributed by atoms with Crippen molar-refractivity contribution in [2.75, 3.05) is 4.90 Å². The molecule has 2 fully saturated rings. The molecule has 0 aromatic heterocycles. The molecule has 2 aliphatic rings. The second-order valence-electron chi connectivity index (χ2n) is 5.97. The summed E-state index contributed by atoms with van der Waals surface area (Å²) in [5.74, 6) is -0.443. The zero-order valence-electron chi connectivity index (χ0n) is 12.0. The molecule has 2 amide bonds.